The third-order valence-corrected chi connectivity index (χ3v) is 8.59. The molecule has 38 heavy (non-hydrogen) atoms. The van der Waals surface area contributed by atoms with Crippen LogP contribution in [0.25, 0.3) is 0 Å². The molecule has 0 aliphatic heterocycles. The van der Waals surface area contributed by atoms with Gasteiger partial charge in [0.15, 0.2) is 0 Å². The lowest BCUT2D eigenvalue weighted by atomic mass is 10.1. The van der Waals surface area contributed by atoms with Crippen molar-refractivity contribution in [2.75, 3.05) is 17.1 Å². The number of amides is 2. The second kappa shape index (κ2) is 13.7. The van der Waals surface area contributed by atoms with E-state index in [1.165, 1.54) is 10.4 Å². The van der Waals surface area contributed by atoms with Crippen LogP contribution in [0.5, 0.6) is 0 Å². The maximum Gasteiger partial charge on any atom is 0.243 e. The monoisotopic (exact) mass is 581 g/mol. The van der Waals surface area contributed by atoms with Gasteiger partial charge in [0, 0.05) is 30.6 Å². The first-order valence-corrected chi connectivity index (χ1v) is 15.7. The molecule has 2 aromatic carbocycles. The van der Waals surface area contributed by atoms with Crippen LogP contribution in [0, 0.1) is 6.92 Å². The van der Waals surface area contributed by atoms with Gasteiger partial charge in [-0.15, -0.1) is 0 Å². The van der Waals surface area contributed by atoms with Gasteiger partial charge in [-0.25, -0.2) is 8.42 Å². The number of nitrogens with one attached hydrogen (secondary N) is 1. The topological polar surface area (TPSA) is 86.8 Å². The van der Waals surface area contributed by atoms with Crippen molar-refractivity contribution in [1.82, 2.24) is 10.2 Å². The van der Waals surface area contributed by atoms with E-state index >= 15 is 0 Å². The number of carbonyl (C=O) groups excluding carboxylic acids is 2. The van der Waals surface area contributed by atoms with Gasteiger partial charge in [0.25, 0.3) is 0 Å². The maximum atomic E-state index is 13.6. The minimum Gasteiger partial charge on any atom is -0.352 e. The summed E-state index contributed by atoms with van der Waals surface area (Å²) in [5.74, 6) is -0.338. The molecule has 2 aromatic rings. The minimum atomic E-state index is -3.68. The first kappa shape index (κ1) is 30.3. The summed E-state index contributed by atoms with van der Waals surface area (Å²) in [5.41, 5.74) is 2.28. The van der Waals surface area contributed by atoms with E-state index in [1.54, 1.807) is 17.0 Å². The number of nitrogens with zero attached hydrogens (tertiary/aromatic N) is 2. The van der Waals surface area contributed by atoms with E-state index in [0.717, 1.165) is 43.1 Å². The molecule has 10 heteroatoms. The molecule has 1 aliphatic carbocycles. The molecule has 208 valence electrons. The fourth-order valence-corrected chi connectivity index (χ4v) is 6.36. The van der Waals surface area contributed by atoms with Gasteiger partial charge < -0.3 is 10.2 Å². The standard InChI is InChI=1S/C28H37Cl2N3O4S/c1-4-25(28(35)31-23-11-5-6-12-23)32(19-21-10-7-9-20(2)17-21)27(34)13-8-16-33(38(3,36)37)26-18-22(29)14-15-24(26)30/h7,9-10,14-15,17-18,23,25H,4-6,8,11-13,16,19H2,1-3H3,(H,31,35). The summed E-state index contributed by atoms with van der Waals surface area (Å²) in [6.45, 7) is 4.24. The molecule has 7 nitrogen and oxygen atoms in total. The van der Waals surface area contributed by atoms with Gasteiger partial charge in [-0.05, 0) is 56.4 Å². The average Bonchev–Trinajstić information content (AvgIpc) is 3.35. The molecule has 1 N–H and O–H groups in total. The van der Waals surface area contributed by atoms with Crippen molar-refractivity contribution in [2.24, 2.45) is 0 Å². The SMILES string of the molecule is CCC(C(=O)NC1CCCC1)N(Cc1cccc(C)c1)C(=O)CCCN(c1cc(Cl)ccc1Cl)S(C)(=O)=O. The zero-order valence-electron chi connectivity index (χ0n) is 22.3. The zero-order chi connectivity index (χ0) is 27.9. The van der Waals surface area contributed by atoms with E-state index in [0.29, 0.717) is 18.0 Å². The van der Waals surface area contributed by atoms with Gasteiger partial charge in [0.1, 0.15) is 6.04 Å². The molecular weight excluding hydrogens is 545 g/mol. The Kier molecular flexibility index (Phi) is 10.9. The minimum absolute atomic E-state index is 0.0496. The quantitative estimate of drug-likeness (QED) is 0.347. The number of rotatable bonds is 12. The molecule has 1 saturated carbocycles. The van der Waals surface area contributed by atoms with Gasteiger partial charge >= 0.3 is 0 Å². The Labute approximate surface area is 236 Å². The lowest BCUT2D eigenvalue weighted by molar-refractivity contribution is -0.141. The molecule has 3 rings (SSSR count). The molecule has 1 atom stereocenters. The van der Waals surface area contributed by atoms with Crippen LogP contribution in [0.15, 0.2) is 42.5 Å². The summed E-state index contributed by atoms with van der Waals surface area (Å²) >= 11 is 12.4. The van der Waals surface area contributed by atoms with E-state index in [9.17, 15) is 18.0 Å². The van der Waals surface area contributed by atoms with Crippen LogP contribution in [0.2, 0.25) is 10.0 Å². The molecule has 0 saturated heterocycles. The van der Waals surface area contributed by atoms with Gasteiger partial charge in [-0.2, -0.15) is 0 Å². The number of benzene rings is 2. The van der Waals surface area contributed by atoms with Crippen molar-refractivity contribution in [3.8, 4) is 0 Å². The largest absolute Gasteiger partial charge is 0.352 e. The Morgan fingerprint density at radius 2 is 1.82 bits per heavy atom. The Balaban J connectivity index is 1.78. The Hall–Kier alpha value is -2.29. The van der Waals surface area contributed by atoms with E-state index in [2.05, 4.69) is 5.32 Å². The second-order valence-corrected chi connectivity index (χ2v) is 12.7. The highest BCUT2D eigenvalue weighted by Gasteiger charge is 2.31. The number of sulfonamides is 1. The molecule has 0 radical (unpaired) electrons. The Morgan fingerprint density at radius 3 is 2.45 bits per heavy atom. The number of hydrogen-bond donors (Lipinski definition) is 1. The number of aryl methyl sites for hydroxylation is 1. The number of hydrogen-bond acceptors (Lipinski definition) is 4. The normalized spacial score (nSPS) is 14.8. The highest BCUT2D eigenvalue weighted by atomic mass is 35.5. The summed E-state index contributed by atoms with van der Waals surface area (Å²) < 4.78 is 26.3. The smallest absolute Gasteiger partial charge is 0.243 e. The summed E-state index contributed by atoms with van der Waals surface area (Å²) in [6, 6.07) is 12.0. The van der Waals surface area contributed by atoms with Crippen LogP contribution in [0.1, 0.15) is 63.0 Å². The van der Waals surface area contributed by atoms with Crippen molar-refractivity contribution >= 4 is 50.7 Å². The van der Waals surface area contributed by atoms with Crippen LogP contribution >= 0.6 is 23.2 Å². The predicted octanol–water partition coefficient (Wildman–Crippen LogP) is 5.71. The number of halogens is 2. The van der Waals surface area contributed by atoms with E-state index in [1.807, 2.05) is 38.1 Å². The number of anilines is 1. The van der Waals surface area contributed by atoms with Gasteiger partial charge in [-0.1, -0.05) is 72.8 Å². The highest BCUT2D eigenvalue weighted by molar-refractivity contribution is 7.92. The lowest BCUT2D eigenvalue weighted by Crippen LogP contribution is -2.51. The maximum absolute atomic E-state index is 13.6. The summed E-state index contributed by atoms with van der Waals surface area (Å²) in [4.78, 5) is 28.5. The third-order valence-electron chi connectivity index (χ3n) is 6.85. The average molecular weight is 583 g/mol. The van der Waals surface area contributed by atoms with Crippen molar-refractivity contribution in [1.29, 1.82) is 0 Å². The van der Waals surface area contributed by atoms with Crippen molar-refractivity contribution in [3.63, 3.8) is 0 Å². The van der Waals surface area contributed by atoms with Gasteiger partial charge in [0.2, 0.25) is 21.8 Å². The number of carbonyl (C=O) groups is 2. The second-order valence-electron chi connectivity index (χ2n) is 9.96. The van der Waals surface area contributed by atoms with Gasteiger partial charge in [0.05, 0.1) is 17.0 Å². The molecule has 0 heterocycles. The summed E-state index contributed by atoms with van der Waals surface area (Å²) in [6.07, 6.45) is 6.01. The van der Waals surface area contributed by atoms with Crippen molar-refractivity contribution in [3.05, 3.63) is 63.6 Å². The fraction of sp³-hybridized carbons (Fsp3) is 0.500. The van der Waals surface area contributed by atoms with Crippen molar-refractivity contribution in [2.45, 2.75) is 77.4 Å². The van der Waals surface area contributed by atoms with Gasteiger partial charge in [-0.3, -0.25) is 13.9 Å². The lowest BCUT2D eigenvalue weighted by Gasteiger charge is -2.32. The molecule has 0 aromatic heterocycles. The third kappa shape index (κ3) is 8.35. The van der Waals surface area contributed by atoms with E-state index in [-0.39, 0.29) is 48.0 Å². The zero-order valence-corrected chi connectivity index (χ0v) is 24.6. The Morgan fingerprint density at radius 1 is 1.11 bits per heavy atom. The van der Waals surface area contributed by atoms with Crippen LogP contribution in [0.4, 0.5) is 5.69 Å². The predicted molar refractivity (Wildman–Crippen MR) is 154 cm³/mol. The molecule has 0 bridgehead atoms. The first-order chi connectivity index (χ1) is 18.0. The Bertz CT molecular complexity index is 1230. The highest BCUT2D eigenvalue weighted by Crippen LogP contribution is 2.31. The molecule has 0 spiro atoms. The van der Waals surface area contributed by atoms with Crippen LogP contribution < -0.4 is 9.62 Å². The molecular formula is C28H37Cl2N3O4S. The molecule has 1 fully saturated rings. The fourth-order valence-electron chi connectivity index (χ4n) is 4.95. The first-order valence-electron chi connectivity index (χ1n) is 13.1. The van der Waals surface area contributed by atoms with Crippen molar-refractivity contribution < 1.29 is 18.0 Å². The summed E-state index contributed by atoms with van der Waals surface area (Å²) in [5, 5.41) is 3.75. The van der Waals surface area contributed by atoms with Crippen LogP contribution in [0.3, 0.4) is 0 Å². The van der Waals surface area contributed by atoms with E-state index in [4.69, 9.17) is 23.2 Å². The molecule has 2 amide bonds. The van der Waals surface area contributed by atoms with E-state index < -0.39 is 16.1 Å². The summed E-state index contributed by atoms with van der Waals surface area (Å²) in [7, 11) is -3.68. The molecule has 1 aliphatic rings. The van der Waals surface area contributed by atoms with Crippen LogP contribution in [-0.2, 0) is 26.2 Å². The molecule has 1 unspecified atom stereocenters. The van der Waals surface area contributed by atoms with Crippen LogP contribution in [-0.4, -0.2) is 50.0 Å².